The van der Waals surface area contributed by atoms with E-state index in [0.29, 0.717) is 17.7 Å². The highest BCUT2D eigenvalue weighted by atomic mass is 19.4. The third-order valence-electron chi connectivity index (χ3n) is 2.89. The van der Waals surface area contributed by atoms with Crippen LogP contribution >= 0.6 is 0 Å². The van der Waals surface area contributed by atoms with Gasteiger partial charge >= 0.3 is 6.18 Å². The van der Waals surface area contributed by atoms with Gasteiger partial charge in [0.1, 0.15) is 5.75 Å². The summed E-state index contributed by atoms with van der Waals surface area (Å²) in [4.78, 5) is 11.6. The second-order valence-electron chi connectivity index (χ2n) is 4.31. The van der Waals surface area contributed by atoms with Gasteiger partial charge in [-0.1, -0.05) is 6.07 Å². The quantitative estimate of drug-likeness (QED) is 0.829. The van der Waals surface area contributed by atoms with Gasteiger partial charge in [-0.05, 0) is 30.5 Å². The summed E-state index contributed by atoms with van der Waals surface area (Å²) >= 11 is 0. The molecular weight excluding hydrogens is 245 g/mol. The number of aryl methyl sites for hydroxylation is 1. The molecule has 2 rings (SSSR count). The maximum atomic E-state index is 12.0. The molecule has 0 heterocycles. The zero-order valence-electron chi connectivity index (χ0n) is 9.72. The molecule has 0 amide bonds. The van der Waals surface area contributed by atoms with Gasteiger partial charge in [-0.15, -0.1) is 0 Å². The molecule has 0 N–H and O–H groups in total. The largest absolute Gasteiger partial charge is 0.493 e. The lowest BCUT2D eigenvalue weighted by Crippen LogP contribution is -2.14. The summed E-state index contributed by atoms with van der Waals surface area (Å²) in [7, 11) is 0. The fourth-order valence-electron chi connectivity index (χ4n) is 1.98. The Morgan fingerprint density at radius 1 is 1.22 bits per heavy atom. The Kier molecular flexibility index (Phi) is 3.59. The van der Waals surface area contributed by atoms with Crippen LogP contribution < -0.4 is 4.74 Å². The number of benzene rings is 1. The average molecular weight is 258 g/mol. The summed E-state index contributed by atoms with van der Waals surface area (Å²) in [6.45, 7) is -0.420. The Morgan fingerprint density at radius 2 is 2.00 bits per heavy atom. The Morgan fingerprint density at radius 3 is 2.72 bits per heavy atom. The molecule has 18 heavy (non-hydrogen) atoms. The fraction of sp³-hybridized carbons (Fsp3) is 0.462. The molecule has 0 atom stereocenters. The van der Waals surface area contributed by atoms with E-state index in [1.54, 1.807) is 18.2 Å². The van der Waals surface area contributed by atoms with Gasteiger partial charge in [0, 0.05) is 12.0 Å². The Hall–Kier alpha value is -1.52. The normalized spacial score (nSPS) is 15.4. The van der Waals surface area contributed by atoms with Gasteiger partial charge in [-0.3, -0.25) is 4.79 Å². The van der Waals surface area contributed by atoms with Crippen molar-refractivity contribution in [3.63, 3.8) is 0 Å². The van der Waals surface area contributed by atoms with Crippen molar-refractivity contribution in [2.24, 2.45) is 0 Å². The van der Waals surface area contributed by atoms with E-state index in [1.165, 1.54) is 0 Å². The van der Waals surface area contributed by atoms with Gasteiger partial charge in [0.2, 0.25) is 0 Å². The zero-order valence-corrected chi connectivity index (χ0v) is 9.72. The standard InChI is InChI=1S/C13H13F3O2/c14-13(15,16)6-7-18-10-5-4-9-2-1-3-12(17)11(9)8-10/h4-5,8H,1-3,6-7H2. The van der Waals surface area contributed by atoms with E-state index < -0.39 is 19.2 Å². The number of Topliss-reactive ketones (excluding diaryl/α,β-unsaturated/α-hetero) is 1. The molecule has 2 nitrogen and oxygen atoms in total. The number of halogens is 3. The van der Waals surface area contributed by atoms with Crippen LogP contribution in [0.1, 0.15) is 35.2 Å². The summed E-state index contributed by atoms with van der Waals surface area (Å²) in [6.07, 6.45) is -3.04. The highest BCUT2D eigenvalue weighted by Gasteiger charge is 2.27. The first kappa shape index (κ1) is 12.9. The van der Waals surface area contributed by atoms with Crippen molar-refractivity contribution in [3.05, 3.63) is 29.3 Å². The Labute approximate surface area is 103 Å². The van der Waals surface area contributed by atoms with Gasteiger partial charge in [0.15, 0.2) is 5.78 Å². The van der Waals surface area contributed by atoms with Gasteiger partial charge in [0.05, 0.1) is 13.0 Å². The molecular formula is C13H13F3O2. The van der Waals surface area contributed by atoms with Crippen LogP contribution in [-0.2, 0) is 6.42 Å². The molecule has 0 saturated carbocycles. The third kappa shape index (κ3) is 3.24. The number of hydrogen-bond acceptors (Lipinski definition) is 2. The minimum absolute atomic E-state index is 0.0394. The van der Waals surface area contributed by atoms with Gasteiger partial charge in [-0.2, -0.15) is 13.2 Å². The second-order valence-corrected chi connectivity index (χ2v) is 4.31. The van der Waals surface area contributed by atoms with Crippen LogP contribution in [0.4, 0.5) is 13.2 Å². The molecule has 0 bridgehead atoms. The lowest BCUT2D eigenvalue weighted by Gasteiger charge is -2.16. The van der Waals surface area contributed by atoms with Crippen LogP contribution in [0, 0.1) is 0 Å². The third-order valence-corrected chi connectivity index (χ3v) is 2.89. The zero-order chi connectivity index (χ0) is 13.2. The number of ketones is 1. The maximum Gasteiger partial charge on any atom is 0.392 e. The van der Waals surface area contributed by atoms with E-state index in [4.69, 9.17) is 4.74 Å². The molecule has 0 aromatic heterocycles. The van der Waals surface area contributed by atoms with E-state index in [0.717, 1.165) is 18.4 Å². The number of hydrogen-bond donors (Lipinski definition) is 0. The predicted molar refractivity (Wildman–Crippen MR) is 59.9 cm³/mol. The van der Waals surface area contributed by atoms with Crippen LogP contribution in [0.2, 0.25) is 0 Å². The monoisotopic (exact) mass is 258 g/mol. The first-order chi connectivity index (χ1) is 8.46. The topological polar surface area (TPSA) is 26.3 Å². The number of alkyl halides is 3. The molecule has 0 fully saturated rings. The lowest BCUT2D eigenvalue weighted by atomic mass is 9.90. The number of carbonyl (C=O) groups is 1. The molecule has 98 valence electrons. The fourth-order valence-corrected chi connectivity index (χ4v) is 1.98. The molecule has 0 aliphatic heterocycles. The molecule has 1 aliphatic carbocycles. The number of fused-ring (bicyclic) bond motifs is 1. The highest BCUT2D eigenvalue weighted by molar-refractivity contribution is 5.98. The maximum absolute atomic E-state index is 12.0. The van der Waals surface area contributed by atoms with Crippen LogP contribution in [0.5, 0.6) is 5.75 Å². The molecule has 1 aromatic rings. The minimum atomic E-state index is -4.22. The van der Waals surface area contributed by atoms with E-state index in [9.17, 15) is 18.0 Å². The molecule has 0 radical (unpaired) electrons. The summed E-state index contributed by atoms with van der Waals surface area (Å²) in [6, 6.07) is 4.93. The first-order valence-corrected chi connectivity index (χ1v) is 5.81. The van der Waals surface area contributed by atoms with Gasteiger partial charge < -0.3 is 4.74 Å². The van der Waals surface area contributed by atoms with Crippen LogP contribution in [-0.4, -0.2) is 18.6 Å². The summed E-state index contributed by atoms with van der Waals surface area (Å²) in [5.74, 6) is 0.366. The molecule has 0 saturated heterocycles. The minimum Gasteiger partial charge on any atom is -0.493 e. The van der Waals surface area contributed by atoms with Crippen LogP contribution in [0.3, 0.4) is 0 Å². The summed E-state index contributed by atoms with van der Waals surface area (Å²) < 4.78 is 40.9. The first-order valence-electron chi connectivity index (χ1n) is 5.81. The van der Waals surface area contributed by atoms with E-state index in [1.807, 2.05) is 0 Å². The van der Waals surface area contributed by atoms with E-state index in [2.05, 4.69) is 0 Å². The molecule has 1 aliphatic rings. The van der Waals surface area contributed by atoms with Gasteiger partial charge in [-0.25, -0.2) is 0 Å². The number of carbonyl (C=O) groups excluding carboxylic acids is 1. The summed E-state index contributed by atoms with van der Waals surface area (Å²) in [5, 5.41) is 0. The van der Waals surface area contributed by atoms with Gasteiger partial charge in [0.25, 0.3) is 0 Å². The van der Waals surface area contributed by atoms with Crippen LogP contribution in [0.15, 0.2) is 18.2 Å². The predicted octanol–water partition coefficient (Wildman–Crippen LogP) is 3.54. The number of rotatable bonds is 3. The van der Waals surface area contributed by atoms with E-state index in [-0.39, 0.29) is 5.78 Å². The Bertz CT molecular complexity index is 452. The van der Waals surface area contributed by atoms with Crippen molar-refractivity contribution in [3.8, 4) is 5.75 Å². The number of ether oxygens (including phenoxy) is 1. The Balaban J connectivity index is 2.02. The van der Waals surface area contributed by atoms with Crippen molar-refractivity contribution >= 4 is 5.78 Å². The van der Waals surface area contributed by atoms with Crippen LogP contribution in [0.25, 0.3) is 0 Å². The summed E-state index contributed by atoms with van der Waals surface area (Å²) in [5.41, 5.74) is 1.54. The van der Waals surface area contributed by atoms with Crippen molar-refractivity contribution in [2.45, 2.75) is 31.9 Å². The van der Waals surface area contributed by atoms with Crippen molar-refractivity contribution in [1.82, 2.24) is 0 Å². The molecule has 1 aromatic carbocycles. The molecule has 0 unspecified atom stereocenters. The average Bonchev–Trinajstić information content (AvgIpc) is 2.28. The van der Waals surface area contributed by atoms with Crippen molar-refractivity contribution < 1.29 is 22.7 Å². The van der Waals surface area contributed by atoms with E-state index >= 15 is 0 Å². The molecule has 5 heteroatoms. The lowest BCUT2D eigenvalue weighted by molar-refractivity contribution is -0.139. The SMILES string of the molecule is O=C1CCCc2ccc(OCCC(F)(F)F)cc21. The second kappa shape index (κ2) is 5.00. The molecule has 0 spiro atoms. The highest BCUT2D eigenvalue weighted by Crippen LogP contribution is 2.26. The van der Waals surface area contributed by atoms with Crippen molar-refractivity contribution in [2.75, 3.05) is 6.61 Å². The smallest absolute Gasteiger partial charge is 0.392 e. The van der Waals surface area contributed by atoms with Crippen molar-refractivity contribution in [1.29, 1.82) is 0 Å².